The predicted molar refractivity (Wildman–Crippen MR) is 62.5 cm³/mol. The van der Waals surface area contributed by atoms with Crippen LogP contribution in [0.15, 0.2) is 18.2 Å². The van der Waals surface area contributed by atoms with Crippen LogP contribution in [0.4, 0.5) is 4.39 Å². The van der Waals surface area contributed by atoms with Crippen molar-refractivity contribution in [2.75, 3.05) is 6.54 Å². The lowest BCUT2D eigenvalue weighted by Gasteiger charge is -2.13. The first-order valence-electron chi connectivity index (χ1n) is 5.64. The number of nitrogens with one attached hydrogen (secondary N) is 1. The molecule has 0 atom stereocenters. The largest absolute Gasteiger partial charge is 0.313 e. The van der Waals surface area contributed by atoms with E-state index >= 15 is 0 Å². The van der Waals surface area contributed by atoms with Crippen molar-refractivity contribution in [3.8, 4) is 0 Å². The Morgan fingerprint density at radius 1 is 1.33 bits per heavy atom. The Kier molecular flexibility index (Phi) is 4.76. The predicted octanol–water partition coefficient (Wildman–Crippen LogP) is 3.45. The van der Waals surface area contributed by atoms with Gasteiger partial charge in [-0.3, -0.25) is 0 Å². The number of hydrogen-bond donors (Lipinski definition) is 1. The molecule has 0 bridgehead atoms. The average molecular weight is 209 g/mol. The molecule has 1 N–H and O–H groups in total. The number of benzene rings is 1. The van der Waals surface area contributed by atoms with E-state index in [0.29, 0.717) is 5.92 Å². The first-order chi connectivity index (χ1) is 7.15. The van der Waals surface area contributed by atoms with E-state index in [2.05, 4.69) is 26.1 Å². The van der Waals surface area contributed by atoms with E-state index in [0.717, 1.165) is 25.1 Å². The molecular weight excluding hydrogens is 189 g/mol. The molecule has 0 fully saturated rings. The average Bonchev–Trinajstić information content (AvgIpc) is 2.20. The lowest BCUT2D eigenvalue weighted by atomic mass is 9.97. The molecule has 0 radical (unpaired) electrons. The molecule has 0 saturated carbocycles. The molecule has 0 amide bonds. The number of rotatable bonds is 5. The van der Waals surface area contributed by atoms with Gasteiger partial charge in [0.05, 0.1) is 0 Å². The van der Waals surface area contributed by atoms with Crippen molar-refractivity contribution in [2.24, 2.45) is 0 Å². The van der Waals surface area contributed by atoms with Crippen molar-refractivity contribution in [3.05, 3.63) is 35.1 Å². The molecule has 84 valence electrons. The Balaban J connectivity index is 2.77. The third kappa shape index (κ3) is 3.63. The summed E-state index contributed by atoms with van der Waals surface area (Å²) in [6.45, 7) is 8.17. The highest BCUT2D eigenvalue weighted by molar-refractivity contribution is 5.30. The topological polar surface area (TPSA) is 12.0 Å². The highest BCUT2D eigenvalue weighted by atomic mass is 19.1. The van der Waals surface area contributed by atoms with Crippen LogP contribution in [-0.2, 0) is 6.54 Å². The molecular formula is C13H20FN. The van der Waals surface area contributed by atoms with E-state index in [-0.39, 0.29) is 5.82 Å². The molecule has 0 saturated heterocycles. The van der Waals surface area contributed by atoms with Gasteiger partial charge in [0.1, 0.15) is 5.82 Å². The summed E-state index contributed by atoms with van der Waals surface area (Å²) in [5, 5.41) is 3.34. The second-order valence-electron chi connectivity index (χ2n) is 4.17. The van der Waals surface area contributed by atoms with Gasteiger partial charge in [-0.2, -0.15) is 0 Å². The Labute approximate surface area is 91.7 Å². The SMILES string of the molecule is CCCNCc1ccc(F)cc1C(C)C. The number of halogens is 1. The Morgan fingerprint density at radius 3 is 2.67 bits per heavy atom. The second-order valence-corrected chi connectivity index (χ2v) is 4.17. The van der Waals surface area contributed by atoms with Crippen molar-refractivity contribution in [2.45, 2.75) is 39.7 Å². The Morgan fingerprint density at radius 2 is 2.07 bits per heavy atom. The fourth-order valence-corrected chi connectivity index (χ4v) is 1.66. The van der Waals surface area contributed by atoms with Crippen molar-refractivity contribution in [1.82, 2.24) is 5.32 Å². The maximum atomic E-state index is 13.1. The molecule has 1 aromatic rings. The summed E-state index contributed by atoms with van der Waals surface area (Å²) in [7, 11) is 0. The zero-order valence-corrected chi connectivity index (χ0v) is 9.81. The highest BCUT2D eigenvalue weighted by Crippen LogP contribution is 2.20. The van der Waals surface area contributed by atoms with E-state index in [1.807, 2.05) is 6.07 Å². The molecule has 0 heterocycles. The van der Waals surface area contributed by atoms with Crippen LogP contribution in [0.2, 0.25) is 0 Å². The molecule has 1 aromatic carbocycles. The zero-order valence-electron chi connectivity index (χ0n) is 9.81. The minimum atomic E-state index is -0.141. The van der Waals surface area contributed by atoms with Gasteiger partial charge in [-0.25, -0.2) is 4.39 Å². The van der Waals surface area contributed by atoms with Crippen LogP contribution in [0.5, 0.6) is 0 Å². The fourth-order valence-electron chi connectivity index (χ4n) is 1.66. The summed E-state index contributed by atoms with van der Waals surface area (Å²) in [5.74, 6) is 0.233. The van der Waals surface area contributed by atoms with Crippen LogP contribution < -0.4 is 5.32 Å². The zero-order chi connectivity index (χ0) is 11.3. The van der Waals surface area contributed by atoms with Crippen LogP contribution in [-0.4, -0.2) is 6.54 Å². The van der Waals surface area contributed by atoms with Crippen molar-refractivity contribution in [3.63, 3.8) is 0 Å². The molecule has 2 heteroatoms. The van der Waals surface area contributed by atoms with E-state index in [9.17, 15) is 4.39 Å². The van der Waals surface area contributed by atoms with Crippen LogP contribution in [0.3, 0.4) is 0 Å². The smallest absolute Gasteiger partial charge is 0.123 e. The summed E-state index contributed by atoms with van der Waals surface area (Å²) in [6, 6.07) is 5.07. The van der Waals surface area contributed by atoms with Gasteiger partial charge in [-0.15, -0.1) is 0 Å². The van der Waals surface area contributed by atoms with Gasteiger partial charge in [0.2, 0.25) is 0 Å². The van der Waals surface area contributed by atoms with Crippen molar-refractivity contribution < 1.29 is 4.39 Å². The Bertz CT molecular complexity index is 307. The van der Waals surface area contributed by atoms with Crippen molar-refractivity contribution >= 4 is 0 Å². The Hall–Kier alpha value is -0.890. The van der Waals surface area contributed by atoms with Gasteiger partial charge in [0.15, 0.2) is 0 Å². The van der Waals surface area contributed by atoms with Crippen LogP contribution >= 0.6 is 0 Å². The summed E-state index contributed by atoms with van der Waals surface area (Å²) in [6.07, 6.45) is 1.12. The third-order valence-electron chi connectivity index (χ3n) is 2.47. The maximum Gasteiger partial charge on any atom is 0.123 e. The molecule has 1 rings (SSSR count). The van der Waals surface area contributed by atoms with Gasteiger partial charge in [-0.05, 0) is 42.1 Å². The minimum absolute atomic E-state index is 0.141. The molecule has 0 aliphatic heterocycles. The second kappa shape index (κ2) is 5.86. The van der Waals surface area contributed by atoms with Gasteiger partial charge in [0, 0.05) is 6.54 Å². The normalized spacial score (nSPS) is 11.0. The van der Waals surface area contributed by atoms with Crippen LogP contribution in [0, 0.1) is 5.82 Å². The lowest BCUT2D eigenvalue weighted by Crippen LogP contribution is -2.15. The molecule has 0 unspecified atom stereocenters. The molecule has 0 aliphatic carbocycles. The molecule has 15 heavy (non-hydrogen) atoms. The standard InChI is InChI=1S/C13H20FN/c1-4-7-15-9-11-5-6-12(14)8-13(11)10(2)3/h5-6,8,10,15H,4,7,9H2,1-3H3. The highest BCUT2D eigenvalue weighted by Gasteiger charge is 2.07. The summed E-state index contributed by atoms with van der Waals surface area (Å²) >= 11 is 0. The van der Waals surface area contributed by atoms with E-state index in [1.54, 1.807) is 6.07 Å². The van der Waals surface area contributed by atoms with Crippen LogP contribution in [0.25, 0.3) is 0 Å². The van der Waals surface area contributed by atoms with Crippen LogP contribution in [0.1, 0.15) is 44.2 Å². The van der Waals surface area contributed by atoms with E-state index in [1.165, 1.54) is 11.6 Å². The third-order valence-corrected chi connectivity index (χ3v) is 2.47. The minimum Gasteiger partial charge on any atom is -0.313 e. The lowest BCUT2D eigenvalue weighted by molar-refractivity contribution is 0.616. The first kappa shape index (κ1) is 12.2. The first-order valence-corrected chi connectivity index (χ1v) is 5.64. The maximum absolute atomic E-state index is 13.1. The van der Waals surface area contributed by atoms with Gasteiger partial charge >= 0.3 is 0 Å². The van der Waals surface area contributed by atoms with Gasteiger partial charge in [-0.1, -0.05) is 26.8 Å². The quantitative estimate of drug-likeness (QED) is 0.732. The number of hydrogen-bond acceptors (Lipinski definition) is 1. The summed E-state index contributed by atoms with van der Waals surface area (Å²) in [5.41, 5.74) is 2.32. The van der Waals surface area contributed by atoms with Crippen molar-refractivity contribution in [1.29, 1.82) is 0 Å². The van der Waals surface area contributed by atoms with E-state index in [4.69, 9.17) is 0 Å². The fraction of sp³-hybridized carbons (Fsp3) is 0.538. The summed E-state index contributed by atoms with van der Waals surface area (Å²) in [4.78, 5) is 0. The summed E-state index contributed by atoms with van der Waals surface area (Å²) < 4.78 is 13.1. The molecule has 0 aliphatic rings. The molecule has 0 aromatic heterocycles. The molecule has 0 spiro atoms. The van der Waals surface area contributed by atoms with Gasteiger partial charge < -0.3 is 5.32 Å². The van der Waals surface area contributed by atoms with Gasteiger partial charge in [0.25, 0.3) is 0 Å². The monoisotopic (exact) mass is 209 g/mol. The van der Waals surface area contributed by atoms with E-state index < -0.39 is 0 Å². The molecule has 1 nitrogen and oxygen atoms in total.